The lowest BCUT2D eigenvalue weighted by Crippen LogP contribution is -2.24. The second-order valence-corrected chi connectivity index (χ2v) is 5.51. The van der Waals surface area contributed by atoms with Crippen LogP contribution < -0.4 is 10.2 Å². The molecule has 1 amide bonds. The van der Waals surface area contributed by atoms with Crippen LogP contribution in [-0.2, 0) is 4.79 Å². The molecule has 0 aliphatic heterocycles. The summed E-state index contributed by atoms with van der Waals surface area (Å²) in [6.45, 7) is 3.78. The van der Waals surface area contributed by atoms with E-state index in [0.717, 1.165) is 16.7 Å². The fraction of sp³-hybridized carbons (Fsp3) is 0.158. The molecule has 134 valence electrons. The molecule has 0 aliphatic rings. The van der Waals surface area contributed by atoms with Crippen LogP contribution in [0.15, 0.2) is 53.6 Å². The fourth-order valence-corrected chi connectivity index (χ4v) is 2.07. The highest BCUT2D eigenvalue weighted by molar-refractivity contribution is 5.82. The smallest absolute Gasteiger partial charge is 0.277 e. The number of amides is 1. The van der Waals surface area contributed by atoms with Crippen molar-refractivity contribution in [3.63, 3.8) is 0 Å². The summed E-state index contributed by atoms with van der Waals surface area (Å²) in [4.78, 5) is 21.8. The van der Waals surface area contributed by atoms with E-state index >= 15 is 0 Å². The van der Waals surface area contributed by atoms with Crippen LogP contribution in [0.5, 0.6) is 5.75 Å². The fourth-order valence-electron chi connectivity index (χ4n) is 2.07. The number of carbonyl (C=O) groups excluding carboxylic acids is 1. The second kappa shape index (κ2) is 9.12. The van der Waals surface area contributed by atoms with Gasteiger partial charge < -0.3 is 4.74 Å². The lowest BCUT2D eigenvalue weighted by atomic mass is 10.1. The predicted octanol–water partition coefficient (Wildman–Crippen LogP) is 3.41. The number of hydrogen-bond donors (Lipinski definition) is 1. The Hall–Kier alpha value is -3.48. The second-order valence-electron chi connectivity index (χ2n) is 5.51. The monoisotopic (exact) mass is 353 g/mol. The SMILES string of the molecule is Cc1cccc(OCC(=O)N/N=C\C=C\c2ccc([N+](=O)[O-])cc2)c1C. The standard InChI is InChI=1S/C19H19N3O4/c1-14-5-3-7-18(15(14)2)26-13-19(23)21-20-12-4-6-16-8-10-17(11-9-16)22(24)25/h3-12H,13H2,1-2H3,(H,21,23)/b6-4+,20-12-. The van der Waals surface area contributed by atoms with Gasteiger partial charge in [-0.05, 0) is 54.8 Å². The van der Waals surface area contributed by atoms with Crippen molar-refractivity contribution in [2.24, 2.45) is 5.10 Å². The average molecular weight is 353 g/mol. The molecule has 26 heavy (non-hydrogen) atoms. The van der Waals surface area contributed by atoms with Crippen LogP contribution in [0.4, 0.5) is 5.69 Å². The van der Waals surface area contributed by atoms with Gasteiger partial charge in [-0.1, -0.05) is 18.2 Å². The van der Waals surface area contributed by atoms with Crippen LogP contribution in [0, 0.1) is 24.0 Å². The van der Waals surface area contributed by atoms with Gasteiger partial charge in [0.1, 0.15) is 5.75 Å². The Labute approximate surface area is 151 Å². The van der Waals surface area contributed by atoms with Gasteiger partial charge in [-0.25, -0.2) is 5.43 Å². The molecule has 0 heterocycles. The number of nitro groups is 1. The molecule has 2 aromatic carbocycles. The molecule has 1 N–H and O–H groups in total. The molecule has 0 radical (unpaired) electrons. The van der Waals surface area contributed by atoms with Gasteiger partial charge in [0.05, 0.1) is 4.92 Å². The first-order valence-electron chi connectivity index (χ1n) is 7.89. The first kappa shape index (κ1) is 18.9. The molecule has 7 nitrogen and oxygen atoms in total. The minimum Gasteiger partial charge on any atom is -0.483 e. The van der Waals surface area contributed by atoms with E-state index in [1.165, 1.54) is 18.3 Å². The van der Waals surface area contributed by atoms with Crippen molar-refractivity contribution in [2.75, 3.05) is 6.61 Å². The maximum atomic E-state index is 11.7. The van der Waals surface area contributed by atoms with Gasteiger partial charge in [-0.3, -0.25) is 14.9 Å². The van der Waals surface area contributed by atoms with E-state index in [2.05, 4.69) is 10.5 Å². The summed E-state index contributed by atoms with van der Waals surface area (Å²) in [7, 11) is 0. The van der Waals surface area contributed by atoms with E-state index in [0.29, 0.717) is 5.75 Å². The normalized spacial score (nSPS) is 11.0. The third kappa shape index (κ3) is 5.55. The first-order valence-corrected chi connectivity index (χ1v) is 7.89. The maximum absolute atomic E-state index is 11.7. The van der Waals surface area contributed by atoms with Crippen molar-refractivity contribution >= 4 is 23.9 Å². The molecule has 0 fully saturated rings. The molecule has 0 bridgehead atoms. The molecule has 0 spiro atoms. The van der Waals surface area contributed by atoms with E-state index < -0.39 is 4.92 Å². The predicted molar refractivity (Wildman–Crippen MR) is 100 cm³/mol. The van der Waals surface area contributed by atoms with Crippen LogP contribution in [0.3, 0.4) is 0 Å². The molecule has 0 saturated carbocycles. The average Bonchev–Trinajstić information content (AvgIpc) is 2.63. The number of benzene rings is 2. The third-order valence-electron chi connectivity index (χ3n) is 3.66. The Kier molecular flexibility index (Phi) is 6.61. The largest absolute Gasteiger partial charge is 0.483 e. The summed E-state index contributed by atoms with van der Waals surface area (Å²) in [6, 6.07) is 11.7. The zero-order valence-electron chi connectivity index (χ0n) is 14.5. The van der Waals surface area contributed by atoms with E-state index in [1.807, 2.05) is 32.0 Å². The molecule has 7 heteroatoms. The Morgan fingerprint density at radius 1 is 1.23 bits per heavy atom. The molecular formula is C19H19N3O4. The quantitative estimate of drug-likeness (QED) is 0.469. The summed E-state index contributed by atoms with van der Waals surface area (Å²) in [5.74, 6) is 0.299. The third-order valence-corrected chi connectivity index (χ3v) is 3.66. The molecule has 0 aromatic heterocycles. The number of carbonyl (C=O) groups is 1. The van der Waals surface area contributed by atoms with Gasteiger partial charge in [0.25, 0.3) is 11.6 Å². The van der Waals surface area contributed by atoms with Crippen molar-refractivity contribution < 1.29 is 14.5 Å². The zero-order chi connectivity index (χ0) is 18.9. The van der Waals surface area contributed by atoms with Crippen LogP contribution >= 0.6 is 0 Å². The number of nitrogens with one attached hydrogen (secondary N) is 1. The van der Waals surface area contributed by atoms with E-state index in [-0.39, 0.29) is 18.2 Å². The van der Waals surface area contributed by atoms with Crippen LogP contribution in [-0.4, -0.2) is 23.7 Å². The molecule has 0 atom stereocenters. The van der Waals surface area contributed by atoms with E-state index in [1.54, 1.807) is 24.3 Å². The number of rotatable bonds is 7. The Balaban J connectivity index is 1.77. The molecular weight excluding hydrogens is 334 g/mol. The van der Waals surface area contributed by atoms with Crippen molar-refractivity contribution in [1.29, 1.82) is 0 Å². The van der Waals surface area contributed by atoms with Crippen LogP contribution in [0.25, 0.3) is 6.08 Å². The van der Waals surface area contributed by atoms with Gasteiger partial charge in [-0.15, -0.1) is 0 Å². The van der Waals surface area contributed by atoms with E-state index in [9.17, 15) is 14.9 Å². The summed E-state index contributed by atoms with van der Waals surface area (Å²) in [6.07, 6.45) is 4.75. The van der Waals surface area contributed by atoms with Crippen molar-refractivity contribution in [2.45, 2.75) is 13.8 Å². The Morgan fingerprint density at radius 2 is 1.96 bits per heavy atom. The summed E-state index contributed by atoms with van der Waals surface area (Å²) in [5.41, 5.74) is 5.27. The van der Waals surface area contributed by atoms with Gasteiger partial charge in [0.2, 0.25) is 0 Å². The topological polar surface area (TPSA) is 93.8 Å². The highest BCUT2D eigenvalue weighted by atomic mass is 16.6. The molecule has 2 rings (SSSR count). The summed E-state index contributed by atoms with van der Waals surface area (Å²) in [5, 5.41) is 14.4. The van der Waals surface area contributed by atoms with Gasteiger partial charge >= 0.3 is 0 Å². The lowest BCUT2D eigenvalue weighted by molar-refractivity contribution is -0.384. The van der Waals surface area contributed by atoms with Crippen LogP contribution in [0.2, 0.25) is 0 Å². The Bertz CT molecular complexity index is 842. The molecule has 0 saturated heterocycles. The lowest BCUT2D eigenvalue weighted by Gasteiger charge is -2.09. The Morgan fingerprint density at radius 3 is 2.65 bits per heavy atom. The minimum absolute atomic E-state index is 0.0342. The maximum Gasteiger partial charge on any atom is 0.277 e. The van der Waals surface area contributed by atoms with Gasteiger partial charge in [0.15, 0.2) is 6.61 Å². The zero-order valence-corrected chi connectivity index (χ0v) is 14.5. The first-order chi connectivity index (χ1) is 12.5. The van der Waals surface area contributed by atoms with Gasteiger partial charge in [-0.2, -0.15) is 5.10 Å². The molecule has 0 aliphatic carbocycles. The minimum atomic E-state index is -0.454. The van der Waals surface area contributed by atoms with E-state index in [4.69, 9.17) is 4.74 Å². The molecule has 0 unspecified atom stereocenters. The number of allylic oxidation sites excluding steroid dienone is 1. The number of nitro benzene ring substituents is 1. The summed E-state index contributed by atoms with van der Waals surface area (Å²) >= 11 is 0. The number of nitrogens with zero attached hydrogens (tertiary/aromatic N) is 2. The number of ether oxygens (including phenoxy) is 1. The number of aryl methyl sites for hydroxylation is 1. The van der Waals surface area contributed by atoms with Crippen LogP contribution in [0.1, 0.15) is 16.7 Å². The van der Waals surface area contributed by atoms with Crippen molar-refractivity contribution in [3.05, 3.63) is 75.3 Å². The van der Waals surface area contributed by atoms with Gasteiger partial charge in [0, 0.05) is 18.3 Å². The van der Waals surface area contributed by atoms with Crippen molar-refractivity contribution in [3.8, 4) is 5.75 Å². The highest BCUT2D eigenvalue weighted by Gasteiger charge is 2.05. The van der Waals surface area contributed by atoms with Crippen molar-refractivity contribution in [1.82, 2.24) is 5.43 Å². The number of hydrazone groups is 1. The summed E-state index contributed by atoms with van der Waals surface area (Å²) < 4.78 is 5.48. The molecule has 2 aromatic rings. The number of hydrogen-bond acceptors (Lipinski definition) is 5. The highest BCUT2D eigenvalue weighted by Crippen LogP contribution is 2.20. The number of non-ortho nitro benzene ring substituents is 1.